The van der Waals surface area contributed by atoms with Gasteiger partial charge in [0.2, 0.25) is 5.91 Å². The van der Waals surface area contributed by atoms with Crippen LogP contribution in [0.2, 0.25) is 0 Å². The monoisotopic (exact) mass is 297 g/mol. The number of rotatable bonds is 4. The fourth-order valence-corrected chi connectivity index (χ4v) is 1.17. The lowest BCUT2D eigenvalue weighted by molar-refractivity contribution is -0.174. The van der Waals surface area contributed by atoms with Crippen LogP contribution in [0.5, 0.6) is 0 Å². The average Bonchev–Trinajstić information content (AvgIpc) is 2.10. The molecule has 0 aromatic carbocycles. The molecule has 5 nitrogen and oxygen atoms in total. The minimum Gasteiger partial charge on any atom is -0.444 e. The number of carbonyl (C=O) groups excluding carboxylic acids is 3. The molecule has 1 unspecified atom stereocenters. The SMILES string of the molecule is CC(CC(=O)CC(=O)NC(=O)OC(C)(C)C)C(F)(F)F. The van der Waals surface area contributed by atoms with Crippen molar-refractivity contribution >= 4 is 17.8 Å². The Morgan fingerprint density at radius 2 is 1.65 bits per heavy atom. The summed E-state index contributed by atoms with van der Waals surface area (Å²) >= 11 is 0. The van der Waals surface area contributed by atoms with Gasteiger partial charge in [-0.1, -0.05) is 6.92 Å². The lowest BCUT2D eigenvalue weighted by atomic mass is 10.0. The third-order valence-corrected chi connectivity index (χ3v) is 2.09. The molecule has 0 aliphatic heterocycles. The van der Waals surface area contributed by atoms with Crippen LogP contribution >= 0.6 is 0 Å². The maximum absolute atomic E-state index is 12.2. The third kappa shape index (κ3) is 8.49. The molecule has 0 fully saturated rings. The Balaban J connectivity index is 4.22. The van der Waals surface area contributed by atoms with Crippen LogP contribution in [0.1, 0.15) is 40.5 Å². The molecular formula is C12H18F3NO4. The minimum atomic E-state index is -4.49. The van der Waals surface area contributed by atoms with E-state index < -0.39 is 48.3 Å². The number of amides is 2. The number of imide groups is 1. The predicted octanol–water partition coefficient (Wildman–Crippen LogP) is 2.59. The van der Waals surface area contributed by atoms with Gasteiger partial charge in [-0.15, -0.1) is 0 Å². The summed E-state index contributed by atoms with van der Waals surface area (Å²) in [5, 5.41) is 1.78. The largest absolute Gasteiger partial charge is 0.444 e. The van der Waals surface area contributed by atoms with Crippen molar-refractivity contribution in [3.8, 4) is 0 Å². The minimum absolute atomic E-state index is 0.792. The molecule has 2 amide bonds. The predicted molar refractivity (Wildman–Crippen MR) is 63.8 cm³/mol. The number of nitrogens with one attached hydrogen (secondary N) is 1. The van der Waals surface area contributed by atoms with E-state index in [9.17, 15) is 27.6 Å². The molecule has 1 atom stereocenters. The van der Waals surface area contributed by atoms with Crippen LogP contribution in [0.4, 0.5) is 18.0 Å². The van der Waals surface area contributed by atoms with Crippen LogP contribution in [-0.4, -0.2) is 29.6 Å². The molecule has 0 saturated heterocycles. The highest BCUT2D eigenvalue weighted by Crippen LogP contribution is 2.28. The molecule has 0 aromatic rings. The van der Waals surface area contributed by atoms with Crippen molar-refractivity contribution in [1.29, 1.82) is 0 Å². The number of hydrogen-bond acceptors (Lipinski definition) is 4. The Morgan fingerprint density at radius 3 is 2.05 bits per heavy atom. The van der Waals surface area contributed by atoms with Crippen molar-refractivity contribution in [2.24, 2.45) is 5.92 Å². The number of Topliss-reactive ketones (excluding diaryl/α,β-unsaturated/α-hetero) is 1. The number of alkyl carbamates (subject to hydrolysis) is 1. The number of alkyl halides is 3. The first-order valence-corrected chi connectivity index (χ1v) is 5.92. The van der Waals surface area contributed by atoms with Crippen molar-refractivity contribution in [2.45, 2.75) is 52.3 Å². The standard InChI is InChI=1S/C12H18F3NO4/c1-7(12(13,14)15)5-8(17)6-9(18)16-10(19)20-11(2,3)4/h7H,5-6H2,1-4H3,(H,16,18,19). The summed E-state index contributed by atoms with van der Waals surface area (Å²) in [5.41, 5.74) is -0.820. The summed E-state index contributed by atoms with van der Waals surface area (Å²) in [6, 6.07) is 0. The molecule has 1 N–H and O–H groups in total. The summed E-state index contributed by atoms with van der Waals surface area (Å²) in [4.78, 5) is 33.7. The maximum atomic E-state index is 12.2. The normalized spacial score (nSPS) is 13.6. The number of carbonyl (C=O) groups is 3. The molecule has 8 heteroatoms. The highest BCUT2D eigenvalue weighted by atomic mass is 19.4. The Labute approximate surface area is 114 Å². The van der Waals surface area contributed by atoms with E-state index in [0.717, 1.165) is 6.92 Å². The highest BCUT2D eigenvalue weighted by molar-refractivity contribution is 6.03. The van der Waals surface area contributed by atoms with Crippen LogP contribution in [0.3, 0.4) is 0 Å². The lowest BCUT2D eigenvalue weighted by Gasteiger charge is -2.19. The summed E-state index contributed by atoms with van der Waals surface area (Å²) in [5.74, 6) is -3.71. The fraction of sp³-hybridized carbons (Fsp3) is 0.750. The number of ether oxygens (including phenoxy) is 1. The molecule has 116 valence electrons. The fourth-order valence-electron chi connectivity index (χ4n) is 1.17. The number of hydrogen-bond donors (Lipinski definition) is 1. The van der Waals surface area contributed by atoms with Crippen LogP contribution in [0.15, 0.2) is 0 Å². The van der Waals surface area contributed by atoms with E-state index in [0.29, 0.717) is 0 Å². The topological polar surface area (TPSA) is 72.5 Å². The molecule has 0 saturated carbocycles. The highest BCUT2D eigenvalue weighted by Gasteiger charge is 2.37. The Kier molecular flexibility index (Phi) is 6.18. The van der Waals surface area contributed by atoms with Gasteiger partial charge < -0.3 is 4.74 Å². The Morgan fingerprint density at radius 1 is 1.15 bits per heavy atom. The zero-order chi connectivity index (χ0) is 16.1. The quantitative estimate of drug-likeness (QED) is 0.809. The van der Waals surface area contributed by atoms with Crippen molar-refractivity contribution in [3.63, 3.8) is 0 Å². The summed E-state index contributed by atoms with van der Waals surface area (Å²) in [6.45, 7) is 5.58. The molecule has 0 heterocycles. The van der Waals surface area contributed by atoms with Crippen molar-refractivity contribution in [1.82, 2.24) is 5.32 Å². The van der Waals surface area contributed by atoms with Crippen molar-refractivity contribution < 1.29 is 32.3 Å². The Bertz CT molecular complexity index is 385. The molecule has 0 aliphatic rings. The van der Waals surface area contributed by atoms with Gasteiger partial charge in [0.15, 0.2) is 0 Å². The molecule has 0 radical (unpaired) electrons. The third-order valence-electron chi connectivity index (χ3n) is 2.09. The van der Waals surface area contributed by atoms with Crippen LogP contribution in [0.25, 0.3) is 0 Å². The summed E-state index contributed by atoms with van der Waals surface area (Å²) in [6.07, 6.45) is -7.12. The molecule has 0 rings (SSSR count). The van der Waals surface area contributed by atoms with Gasteiger partial charge in [-0.25, -0.2) is 4.79 Å². The molecular weight excluding hydrogens is 279 g/mol. The van der Waals surface area contributed by atoms with Crippen molar-refractivity contribution in [2.75, 3.05) is 0 Å². The van der Waals surface area contributed by atoms with Gasteiger partial charge in [0.1, 0.15) is 11.4 Å². The van der Waals surface area contributed by atoms with E-state index in [1.165, 1.54) is 0 Å². The molecule has 20 heavy (non-hydrogen) atoms. The van der Waals surface area contributed by atoms with Gasteiger partial charge in [-0.2, -0.15) is 13.2 Å². The van der Waals surface area contributed by atoms with Gasteiger partial charge in [-0.3, -0.25) is 14.9 Å². The van der Waals surface area contributed by atoms with E-state index in [4.69, 9.17) is 4.74 Å². The average molecular weight is 297 g/mol. The first kappa shape index (κ1) is 18.4. The van der Waals surface area contributed by atoms with Crippen LogP contribution in [0, 0.1) is 5.92 Å². The van der Waals surface area contributed by atoms with Crippen LogP contribution < -0.4 is 5.32 Å². The second kappa shape index (κ2) is 6.71. The van der Waals surface area contributed by atoms with Gasteiger partial charge in [0.25, 0.3) is 0 Å². The van der Waals surface area contributed by atoms with E-state index >= 15 is 0 Å². The van der Waals surface area contributed by atoms with E-state index in [-0.39, 0.29) is 0 Å². The van der Waals surface area contributed by atoms with E-state index in [1.54, 1.807) is 26.1 Å². The molecule has 0 aromatic heterocycles. The lowest BCUT2D eigenvalue weighted by Crippen LogP contribution is -2.37. The van der Waals surface area contributed by atoms with E-state index in [2.05, 4.69) is 0 Å². The first-order valence-electron chi connectivity index (χ1n) is 5.92. The van der Waals surface area contributed by atoms with E-state index in [1.807, 2.05) is 0 Å². The summed E-state index contributed by atoms with van der Waals surface area (Å²) < 4.78 is 41.4. The van der Waals surface area contributed by atoms with Crippen molar-refractivity contribution in [3.05, 3.63) is 0 Å². The molecule has 0 spiro atoms. The Hall–Kier alpha value is -1.60. The second-order valence-corrected chi connectivity index (χ2v) is 5.41. The number of ketones is 1. The number of halogens is 3. The van der Waals surface area contributed by atoms with Gasteiger partial charge in [-0.05, 0) is 20.8 Å². The second-order valence-electron chi connectivity index (χ2n) is 5.41. The molecule has 0 bridgehead atoms. The zero-order valence-electron chi connectivity index (χ0n) is 11.8. The van der Waals surface area contributed by atoms with Gasteiger partial charge >= 0.3 is 12.3 Å². The van der Waals surface area contributed by atoms with Crippen LogP contribution in [-0.2, 0) is 14.3 Å². The smallest absolute Gasteiger partial charge is 0.414 e. The van der Waals surface area contributed by atoms with Gasteiger partial charge in [0.05, 0.1) is 12.3 Å². The zero-order valence-corrected chi connectivity index (χ0v) is 11.8. The first-order chi connectivity index (χ1) is 8.81. The summed E-state index contributed by atoms with van der Waals surface area (Å²) in [7, 11) is 0. The van der Waals surface area contributed by atoms with Gasteiger partial charge in [0, 0.05) is 6.42 Å². The maximum Gasteiger partial charge on any atom is 0.414 e. The molecule has 0 aliphatic carbocycles.